The van der Waals surface area contributed by atoms with E-state index in [0.717, 1.165) is 22.9 Å². The van der Waals surface area contributed by atoms with Gasteiger partial charge in [-0.1, -0.05) is 6.92 Å². The Morgan fingerprint density at radius 3 is 2.56 bits per heavy atom. The largest absolute Gasteiger partial charge is 0.497 e. The highest BCUT2D eigenvalue weighted by Gasteiger charge is 2.18. The molecule has 2 N–H and O–H groups in total. The van der Waals surface area contributed by atoms with E-state index in [1.165, 1.54) is 25.7 Å². The van der Waals surface area contributed by atoms with E-state index in [9.17, 15) is 0 Å². The predicted molar refractivity (Wildman–Crippen MR) is 73.6 cm³/mol. The zero-order valence-corrected chi connectivity index (χ0v) is 11.3. The SMILES string of the molecule is COc1cc(N)cc(COC2CCC(C)CC2)c1. The van der Waals surface area contributed by atoms with Crippen LogP contribution >= 0.6 is 0 Å². The molecule has 18 heavy (non-hydrogen) atoms. The van der Waals surface area contributed by atoms with Gasteiger partial charge >= 0.3 is 0 Å². The van der Waals surface area contributed by atoms with E-state index in [1.807, 2.05) is 18.2 Å². The highest BCUT2D eigenvalue weighted by atomic mass is 16.5. The number of ether oxygens (including phenoxy) is 2. The maximum Gasteiger partial charge on any atom is 0.121 e. The summed E-state index contributed by atoms with van der Waals surface area (Å²) in [7, 11) is 1.65. The molecule has 0 aromatic heterocycles. The van der Waals surface area contributed by atoms with Gasteiger partial charge in [0.1, 0.15) is 5.75 Å². The topological polar surface area (TPSA) is 44.5 Å². The molecule has 1 aromatic rings. The Morgan fingerprint density at radius 2 is 1.89 bits per heavy atom. The van der Waals surface area contributed by atoms with Crippen molar-refractivity contribution in [2.75, 3.05) is 12.8 Å². The molecule has 1 aromatic carbocycles. The summed E-state index contributed by atoms with van der Waals surface area (Å²) in [5.74, 6) is 1.66. The number of nitrogens with two attached hydrogens (primary N) is 1. The summed E-state index contributed by atoms with van der Waals surface area (Å²) in [6, 6.07) is 5.77. The third kappa shape index (κ3) is 3.64. The van der Waals surface area contributed by atoms with Crippen molar-refractivity contribution in [3.63, 3.8) is 0 Å². The molecule has 0 atom stereocenters. The van der Waals surface area contributed by atoms with Gasteiger partial charge in [-0.3, -0.25) is 0 Å². The second-order valence-electron chi connectivity index (χ2n) is 5.31. The third-order valence-electron chi connectivity index (χ3n) is 3.67. The molecule has 0 heterocycles. The van der Waals surface area contributed by atoms with Crippen LogP contribution in [0.1, 0.15) is 38.2 Å². The van der Waals surface area contributed by atoms with E-state index >= 15 is 0 Å². The van der Waals surface area contributed by atoms with Gasteiger partial charge in [0, 0.05) is 11.8 Å². The summed E-state index contributed by atoms with van der Waals surface area (Å²) in [6.07, 6.45) is 5.34. The third-order valence-corrected chi connectivity index (χ3v) is 3.67. The van der Waals surface area contributed by atoms with Crippen LogP contribution in [0.3, 0.4) is 0 Å². The number of hydrogen-bond donors (Lipinski definition) is 1. The van der Waals surface area contributed by atoms with E-state index in [0.29, 0.717) is 12.7 Å². The van der Waals surface area contributed by atoms with Crippen LogP contribution < -0.4 is 10.5 Å². The van der Waals surface area contributed by atoms with Gasteiger partial charge in [0.25, 0.3) is 0 Å². The molecular formula is C15H23NO2. The summed E-state index contributed by atoms with van der Waals surface area (Å²) in [6.45, 7) is 2.94. The van der Waals surface area contributed by atoms with Crippen LogP contribution in [0.25, 0.3) is 0 Å². The van der Waals surface area contributed by atoms with Crippen LogP contribution in [0.15, 0.2) is 18.2 Å². The average Bonchev–Trinajstić information content (AvgIpc) is 2.37. The molecule has 0 aliphatic heterocycles. The summed E-state index contributed by atoms with van der Waals surface area (Å²) in [5, 5.41) is 0. The van der Waals surface area contributed by atoms with Crippen molar-refractivity contribution in [3.05, 3.63) is 23.8 Å². The number of hydrogen-bond acceptors (Lipinski definition) is 3. The highest BCUT2D eigenvalue weighted by molar-refractivity contribution is 5.47. The summed E-state index contributed by atoms with van der Waals surface area (Å²) in [5.41, 5.74) is 7.64. The zero-order valence-electron chi connectivity index (χ0n) is 11.3. The average molecular weight is 249 g/mol. The minimum atomic E-state index is 0.411. The van der Waals surface area contributed by atoms with Crippen molar-refractivity contribution in [3.8, 4) is 5.75 Å². The lowest BCUT2D eigenvalue weighted by Gasteiger charge is -2.26. The zero-order chi connectivity index (χ0) is 13.0. The van der Waals surface area contributed by atoms with Crippen LogP contribution in [0.4, 0.5) is 5.69 Å². The standard InChI is InChI=1S/C15H23NO2/c1-11-3-5-14(6-4-11)18-10-12-7-13(16)9-15(8-12)17-2/h7-9,11,14H,3-6,10,16H2,1-2H3. The fourth-order valence-corrected chi connectivity index (χ4v) is 2.50. The van der Waals surface area contributed by atoms with Crippen molar-refractivity contribution in [1.82, 2.24) is 0 Å². The molecule has 1 fully saturated rings. The molecular weight excluding hydrogens is 226 g/mol. The number of nitrogen functional groups attached to an aromatic ring is 1. The second kappa shape index (κ2) is 6.10. The van der Waals surface area contributed by atoms with Gasteiger partial charge in [0.05, 0.1) is 19.8 Å². The Balaban J connectivity index is 1.88. The Labute approximate surface area is 109 Å². The Morgan fingerprint density at radius 1 is 1.17 bits per heavy atom. The lowest BCUT2D eigenvalue weighted by atomic mass is 9.89. The van der Waals surface area contributed by atoms with Gasteiger partial charge in [-0.05, 0) is 49.3 Å². The number of methoxy groups -OCH3 is 1. The molecule has 0 spiro atoms. The molecule has 1 aliphatic rings. The lowest BCUT2D eigenvalue weighted by molar-refractivity contribution is 0.00873. The maximum absolute atomic E-state index is 5.96. The summed E-state index contributed by atoms with van der Waals surface area (Å²) < 4.78 is 11.2. The Kier molecular flexibility index (Phi) is 4.48. The minimum absolute atomic E-state index is 0.411. The van der Waals surface area contributed by atoms with Crippen LogP contribution in [0.5, 0.6) is 5.75 Å². The second-order valence-corrected chi connectivity index (χ2v) is 5.31. The van der Waals surface area contributed by atoms with Crippen molar-refractivity contribution in [1.29, 1.82) is 0 Å². The molecule has 0 bridgehead atoms. The molecule has 3 heteroatoms. The van der Waals surface area contributed by atoms with Gasteiger partial charge in [-0.2, -0.15) is 0 Å². The van der Waals surface area contributed by atoms with Gasteiger partial charge in [0.15, 0.2) is 0 Å². The van der Waals surface area contributed by atoms with Gasteiger partial charge in [-0.25, -0.2) is 0 Å². The monoisotopic (exact) mass is 249 g/mol. The smallest absolute Gasteiger partial charge is 0.121 e. The molecule has 1 saturated carbocycles. The first-order chi connectivity index (χ1) is 8.67. The van der Waals surface area contributed by atoms with Gasteiger partial charge < -0.3 is 15.2 Å². The molecule has 100 valence electrons. The minimum Gasteiger partial charge on any atom is -0.497 e. The van der Waals surface area contributed by atoms with Crippen LogP contribution in [-0.2, 0) is 11.3 Å². The predicted octanol–water partition coefficient (Wildman–Crippen LogP) is 3.37. The van der Waals surface area contributed by atoms with E-state index < -0.39 is 0 Å². The summed E-state index contributed by atoms with van der Waals surface area (Å²) >= 11 is 0. The van der Waals surface area contributed by atoms with Crippen LogP contribution in [0, 0.1) is 5.92 Å². The first-order valence-corrected chi connectivity index (χ1v) is 6.72. The highest BCUT2D eigenvalue weighted by Crippen LogP contribution is 2.27. The quantitative estimate of drug-likeness (QED) is 0.832. The van der Waals surface area contributed by atoms with Crippen molar-refractivity contribution in [2.24, 2.45) is 5.92 Å². The fourth-order valence-electron chi connectivity index (χ4n) is 2.50. The Bertz CT molecular complexity index is 384. The van der Waals surface area contributed by atoms with E-state index in [4.69, 9.17) is 15.2 Å². The van der Waals surface area contributed by atoms with Crippen LogP contribution in [-0.4, -0.2) is 13.2 Å². The fraction of sp³-hybridized carbons (Fsp3) is 0.600. The molecule has 2 rings (SSSR count). The van der Waals surface area contributed by atoms with E-state index in [-0.39, 0.29) is 0 Å². The van der Waals surface area contributed by atoms with Crippen LogP contribution in [0.2, 0.25) is 0 Å². The molecule has 0 radical (unpaired) electrons. The first-order valence-electron chi connectivity index (χ1n) is 6.72. The van der Waals surface area contributed by atoms with E-state index in [1.54, 1.807) is 7.11 Å². The maximum atomic E-state index is 5.96. The summed E-state index contributed by atoms with van der Waals surface area (Å²) in [4.78, 5) is 0. The van der Waals surface area contributed by atoms with Crippen molar-refractivity contribution < 1.29 is 9.47 Å². The first kappa shape index (κ1) is 13.2. The molecule has 0 unspecified atom stereocenters. The van der Waals surface area contributed by atoms with Gasteiger partial charge in [-0.15, -0.1) is 0 Å². The molecule has 0 saturated heterocycles. The van der Waals surface area contributed by atoms with E-state index in [2.05, 4.69) is 6.92 Å². The van der Waals surface area contributed by atoms with Gasteiger partial charge in [0.2, 0.25) is 0 Å². The number of anilines is 1. The molecule has 1 aliphatic carbocycles. The molecule has 0 amide bonds. The lowest BCUT2D eigenvalue weighted by Crippen LogP contribution is -2.20. The van der Waals surface area contributed by atoms with Crippen molar-refractivity contribution >= 4 is 5.69 Å². The number of rotatable bonds is 4. The normalized spacial score (nSPS) is 23.9. The van der Waals surface area contributed by atoms with Crippen molar-refractivity contribution in [2.45, 2.75) is 45.3 Å². The molecule has 3 nitrogen and oxygen atoms in total. The number of benzene rings is 1. The Hall–Kier alpha value is -1.22.